The fourth-order valence-corrected chi connectivity index (χ4v) is 5.73. The van der Waals surface area contributed by atoms with Crippen molar-refractivity contribution in [1.82, 2.24) is 10.2 Å². The van der Waals surface area contributed by atoms with Crippen molar-refractivity contribution >= 4 is 18.0 Å². The number of nitrogens with one attached hydrogen (secondary N) is 1. The number of ether oxygens (including phenoxy) is 2. The van der Waals surface area contributed by atoms with E-state index in [0.717, 1.165) is 28.7 Å². The molecule has 5 rings (SSSR count). The van der Waals surface area contributed by atoms with Crippen LogP contribution >= 0.6 is 0 Å². The van der Waals surface area contributed by atoms with E-state index >= 15 is 0 Å². The fourth-order valence-electron chi connectivity index (χ4n) is 5.73. The van der Waals surface area contributed by atoms with Crippen LogP contribution in [-0.2, 0) is 19.1 Å². The van der Waals surface area contributed by atoms with Crippen molar-refractivity contribution in [2.75, 3.05) is 26.4 Å². The summed E-state index contributed by atoms with van der Waals surface area (Å²) < 4.78 is 11.2. The quantitative estimate of drug-likeness (QED) is 0.658. The summed E-state index contributed by atoms with van der Waals surface area (Å²) in [5.41, 5.74) is 3.37. The molecule has 2 N–H and O–H groups in total. The molecule has 2 aromatic carbocycles. The minimum Gasteiger partial charge on any atom is -0.481 e. The van der Waals surface area contributed by atoms with Gasteiger partial charge in [0.1, 0.15) is 12.1 Å². The average Bonchev–Trinajstić information content (AvgIpc) is 3.45. The van der Waals surface area contributed by atoms with Gasteiger partial charge in [0.25, 0.3) is 0 Å². The Morgan fingerprint density at radius 1 is 1.03 bits per heavy atom. The van der Waals surface area contributed by atoms with E-state index in [4.69, 9.17) is 9.47 Å². The topological polar surface area (TPSA) is 105 Å². The minimum absolute atomic E-state index is 0.0759. The summed E-state index contributed by atoms with van der Waals surface area (Å²) in [6.07, 6.45) is 1.31. The third-order valence-electron chi connectivity index (χ3n) is 7.49. The second-order valence-corrected chi connectivity index (χ2v) is 9.54. The van der Waals surface area contributed by atoms with Crippen LogP contribution in [0.1, 0.15) is 49.1 Å². The van der Waals surface area contributed by atoms with Crippen LogP contribution in [0.5, 0.6) is 0 Å². The number of carboxylic acids is 1. The number of rotatable bonds is 6. The Balaban J connectivity index is 1.30. The summed E-state index contributed by atoms with van der Waals surface area (Å²) >= 11 is 0. The third-order valence-corrected chi connectivity index (χ3v) is 7.49. The van der Waals surface area contributed by atoms with Crippen molar-refractivity contribution in [2.45, 2.75) is 49.6 Å². The highest BCUT2D eigenvalue weighted by Crippen LogP contribution is 2.44. The lowest BCUT2D eigenvalue weighted by atomic mass is 9.88. The Bertz CT molecular complexity index is 1080. The van der Waals surface area contributed by atoms with Gasteiger partial charge in [0.2, 0.25) is 5.91 Å². The smallest absolute Gasteiger partial charge is 0.408 e. The Morgan fingerprint density at radius 3 is 2.29 bits per heavy atom. The van der Waals surface area contributed by atoms with Crippen LogP contribution in [0.2, 0.25) is 0 Å². The first-order valence-corrected chi connectivity index (χ1v) is 12.2. The molecule has 1 aliphatic carbocycles. The van der Waals surface area contributed by atoms with Crippen molar-refractivity contribution in [1.29, 1.82) is 0 Å². The molecule has 1 atom stereocenters. The zero-order valence-electron chi connectivity index (χ0n) is 19.6. The average molecular weight is 479 g/mol. The molecule has 0 radical (unpaired) electrons. The maximum atomic E-state index is 13.6. The number of likely N-dealkylation sites (tertiary alicyclic amines) is 1. The normalized spacial score (nSPS) is 20.7. The van der Waals surface area contributed by atoms with Gasteiger partial charge in [0.15, 0.2) is 0 Å². The number of hydrogen-bond acceptors (Lipinski definition) is 5. The van der Waals surface area contributed by atoms with Gasteiger partial charge in [-0.25, -0.2) is 4.79 Å². The Kier molecular flexibility index (Phi) is 6.47. The van der Waals surface area contributed by atoms with E-state index in [1.54, 1.807) is 4.90 Å². The maximum absolute atomic E-state index is 13.6. The Morgan fingerprint density at radius 2 is 1.66 bits per heavy atom. The summed E-state index contributed by atoms with van der Waals surface area (Å²) in [5.74, 6) is -1.24. The van der Waals surface area contributed by atoms with E-state index in [2.05, 4.69) is 29.6 Å². The first kappa shape index (κ1) is 23.4. The van der Waals surface area contributed by atoms with Gasteiger partial charge in [-0.3, -0.25) is 9.59 Å². The van der Waals surface area contributed by atoms with Gasteiger partial charge >= 0.3 is 12.1 Å². The van der Waals surface area contributed by atoms with Crippen molar-refractivity contribution in [3.63, 3.8) is 0 Å². The summed E-state index contributed by atoms with van der Waals surface area (Å²) in [7, 11) is 0. The molecule has 0 saturated carbocycles. The van der Waals surface area contributed by atoms with Crippen LogP contribution in [-0.4, -0.2) is 65.9 Å². The van der Waals surface area contributed by atoms with Crippen molar-refractivity contribution in [3.05, 3.63) is 59.7 Å². The second kappa shape index (κ2) is 9.70. The van der Waals surface area contributed by atoms with Crippen LogP contribution < -0.4 is 5.32 Å². The molecule has 0 spiro atoms. The maximum Gasteiger partial charge on any atom is 0.408 e. The molecule has 184 valence electrons. The predicted octanol–water partition coefficient (Wildman–Crippen LogP) is 3.54. The van der Waals surface area contributed by atoms with E-state index in [9.17, 15) is 19.5 Å². The zero-order valence-corrected chi connectivity index (χ0v) is 19.6. The number of amides is 2. The minimum atomic E-state index is -1.15. The number of alkyl carbamates (subject to hydrolysis) is 1. The lowest BCUT2D eigenvalue weighted by molar-refractivity contribution is -0.145. The predicted molar refractivity (Wildman–Crippen MR) is 128 cm³/mol. The standard InChI is InChI=1S/C27H30N2O6/c30-24(31)16-18-6-5-13-29(18)25(32)27(11-14-34-15-12-27)28-26(33)35-17-23-21-9-3-1-7-19(21)20-8-2-4-10-22(20)23/h1-4,7-10,18,23H,5-6,11-17H2,(H,28,33)(H,30,31). The number of carbonyl (C=O) groups excluding carboxylic acids is 2. The number of benzene rings is 2. The molecule has 35 heavy (non-hydrogen) atoms. The van der Waals surface area contributed by atoms with Crippen LogP contribution in [0.3, 0.4) is 0 Å². The van der Waals surface area contributed by atoms with E-state index in [0.29, 0.717) is 39.0 Å². The number of nitrogens with zero attached hydrogens (tertiary/aromatic N) is 1. The van der Waals surface area contributed by atoms with Gasteiger partial charge in [0, 0.05) is 44.6 Å². The molecule has 3 aliphatic rings. The molecule has 8 nitrogen and oxygen atoms in total. The van der Waals surface area contributed by atoms with Gasteiger partial charge in [0.05, 0.1) is 6.42 Å². The number of carbonyl (C=O) groups is 3. The molecule has 2 fully saturated rings. The van der Waals surface area contributed by atoms with Gasteiger partial charge in [-0.15, -0.1) is 0 Å². The number of aliphatic carboxylic acids is 1. The summed E-state index contributed by atoms with van der Waals surface area (Å²) in [6.45, 7) is 1.33. The number of fused-ring (bicyclic) bond motifs is 3. The first-order chi connectivity index (χ1) is 17.0. The van der Waals surface area contributed by atoms with Crippen LogP contribution in [0, 0.1) is 0 Å². The molecule has 2 heterocycles. The van der Waals surface area contributed by atoms with Crippen LogP contribution in [0.4, 0.5) is 4.79 Å². The van der Waals surface area contributed by atoms with Gasteiger partial charge in [-0.2, -0.15) is 0 Å². The van der Waals surface area contributed by atoms with Gasteiger partial charge in [-0.05, 0) is 35.1 Å². The second-order valence-electron chi connectivity index (χ2n) is 9.54. The monoisotopic (exact) mass is 478 g/mol. The molecule has 0 bridgehead atoms. The molecule has 2 amide bonds. The van der Waals surface area contributed by atoms with E-state index < -0.39 is 17.6 Å². The molecule has 1 unspecified atom stereocenters. The van der Waals surface area contributed by atoms with Gasteiger partial charge in [-0.1, -0.05) is 48.5 Å². The highest BCUT2D eigenvalue weighted by molar-refractivity contribution is 5.91. The summed E-state index contributed by atoms with van der Waals surface area (Å²) in [6, 6.07) is 15.9. The molecule has 2 aliphatic heterocycles. The number of carboxylic acid groups (broad SMARTS) is 1. The SMILES string of the molecule is O=C(O)CC1CCCN1C(=O)C1(NC(=O)OCC2c3ccccc3-c3ccccc32)CCOCC1. The summed E-state index contributed by atoms with van der Waals surface area (Å²) in [4.78, 5) is 39.6. The van der Waals surface area contributed by atoms with E-state index in [1.807, 2.05) is 24.3 Å². The fraction of sp³-hybridized carbons (Fsp3) is 0.444. The van der Waals surface area contributed by atoms with Crippen molar-refractivity contribution in [2.24, 2.45) is 0 Å². The van der Waals surface area contributed by atoms with Crippen LogP contribution in [0.25, 0.3) is 11.1 Å². The van der Waals surface area contributed by atoms with Gasteiger partial charge < -0.3 is 24.8 Å². The van der Waals surface area contributed by atoms with Crippen molar-refractivity contribution in [3.8, 4) is 11.1 Å². The molecular formula is C27H30N2O6. The number of hydrogen-bond donors (Lipinski definition) is 2. The zero-order chi connectivity index (χ0) is 24.4. The Hall–Kier alpha value is -3.39. The molecular weight excluding hydrogens is 448 g/mol. The summed E-state index contributed by atoms with van der Waals surface area (Å²) in [5, 5.41) is 12.1. The molecule has 8 heteroatoms. The Labute approximate surface area is 204 Å². The van der Waals surface area contributed by atoms with Crippen molar-refractivity contribution < 1.29 is 29.0 Å². The van der Waals surface area contributed by atoms with Crippen LogP contribution in [0.15, 0.2) is 48.5 Å². The molecule has 2 saturated heterocycles. The highest BCUT2D eigenvalue weighted by atomic mass is 16.5. The van der Waals surface area contributed by atoms with E-state index in [-0.39, 0.29) is 30.9 Å². The van der Waals surface area contributed by atoms with E-state index in [1.165, 1.54) is 0 Å². The highest BCUT2D eigenvalue weighted by Gasteiger charge is 2.47. The molecule has 2 aromatic rings. The first-order valence-electron chi connectivity index (χ1n) is 12.2. The molecule has 0 aromatic heterocycles. The largest absolute Gasteiger partial charge is 0.481 e. The lowest BCUT2D eigenvalue weighted by Gasteiger charge is -2.40. The lowest BCUT2D eigenvalue weighted by Crippen LogP contribution is -2.62. The third kappa shape index (κ3) is 4.50.